The Bertz CT molecular complexity index is 111. The van der Waals surface area contributed by atoms with Crippen LogP contribution in [0.3, 0.4) is 0 Å². The Kier molecular flexibility index (Phi) is 2.35. The molecule has 46 valence electrons. The minimum absolute atomic E-state index is 1.25. The zero-order valence-electron chi connectivity index (χ0n) is 3.79. The summed E-state index contributed by atoms with van der Waals surface area (Å²) >= 11 is 0. The maximum atomic E-state index is 9.75. The SMILES string of the molecule is NOC(=O)OC(N)=O. The van der Waals surface area contributed by atoms with Gasteiger partial charge < -0.3 is 15.3 Å². The molecule has 0 heterocycles. The average Bonchev–Trinajstić information content (AvgIpc) is 1.65. The second-order valence-corrected chi connectivity index (χ2v) is 0.789. The molecular formula is C2H4N2O4. The topological polar surface area (TPSA) is 105 Å². The van der Waals surface area contributed by atoms with Crippen LogP contribution in [0.2, 0.25) is 0 Å². The Morgan fingerprint density at radius 3 is 2.00 bits per heavy atom. The molecule has 0 radical (unpaired) electrons. The molecule has 0 aromatic heterocycles. The fraction of sp³-hybridized carbons (Fsp3) is 0. The maximum Gasteiger partial charge on any atom is 0.536 e. The van der Waals surface area contributed by atoms with Crippen molar-refractivity contribution < 1.29 is 19.2 Å². The van der Waals surface area contributed by atoms with Crippen LogP contribution in [0.4, 0.5) is 9.59 Å². The Labute approximate surface area is 44.3 Å². The predicted octanol–water partition coefficient (Wildman–Crippen LogP) is -0.908. The molecule has 0 saturated heterocycles. The molecule has 0 aliphatic rings. The fourth-order valence-corrected chi connectivity index (χ4v) is 0.106. The quantitative estimate of drug-likeness (QED) is 0.244. The van der Waals surface area contributed by atoms with Gasteiger partial charge in [-0.1, -0.05) is 0 Å². The second-order valence-electron chi connectivity index (χ2n) is 0.789. The van der Waals surface area contributed by atoms with Crippen molar-refractivity contribution in [3.05, 3.63) is 0 Å². The number of rotatable bonds is 0. The summed E-state index contributed by atoms with van der Waals surface area (Å²) in [6, 6.07) is 0. The lowest BCUT2D eigenvalue weighted by atomic mass is 11.2. The Hall–Kier alpha value is -1.30. The largest absolute Gasteiger partial charge is 0.536 e. The van der Waals surface area contributed by atoms with Crippen LogP contribution in [0.5, 0.6) is 0 Å². The van der Waals surface area contributed by atoms with Gasteiger partial charge in [-0.15, -0.1) is 0 Å². The van der Waals surface area contributed by atoms with E-state index in [4.69, 9.17) is 0 Å². The van der Waals surface area contributed by atoms with Gasteiger partial charge in [-0.05, 0) is 0 Å². The number of ether oxygens (including phenoxy) is 1. The van der Waals surface area contributed by atoms with Gasteiger partial charge in [0.05, 0.1) is 0 Å². The van der Waals surface area contributed by atoms with Crippen LogP contribution >= 0.6 is 0 Å². The Balaban J connectivity index is 3.40. The number of hydrogen-bond donors (Lipinski definition) is 2. The zero-order chi connectivity index (χ0) is 6.57. The highest BCUT2D eigenvalue weighted by Crippen LogP contribution is 1.76. The third kappa shape index (κ3) is 2.91. The van der Waals surface area contributed by atoms with Gasteiger partial charge in [0.1, 0.15) is 0 Å². The lowest BCUT2D eigenvalue weighted by molar-refractivity contribution is 0.0783. The summed E-state index contributed by atoms with van der Waals surface area (Å²) in [5.41, 5.74) is 4.35. The van der Waals surface area contributed by atoms with Gasteiger partial charge in [0, 0.05) is 0 Å². The van der Waals surface area contributed by atoms with Crippen LogP contribution in [0.15, 0.2) is 0 Å². The molecule has 0 aliphatic carbocycles. The summed E-state index contributed by atoms with van der Waals surface area (Å²) in [6.07, 6.45) is -2.57. The third-order valence-corrected chi connectivity index (χ3v) is 0.280. The number of amides is 1. The Morgan fingerprint density at radius 1 is 1.38 bits per heavy atom. The van der Waals surface area contributed by atoms with Crippen LogP contribution in [0, 0.1) is 0 Å². The number of primary amides is 1. The number of hydrogen-bond acceptors (Lipinski definition) is 5. The van der Waals surface area contributed by atoms with E-state index in [1.807, 2.05) is 0 Å². The molecule has 0 aromatic carbocycles. The summed E-state index contributed by atoms with van der Waals surface area (Å²) in [5.74, 6) is 4.24. The fourth-order valence-electron chi connectivity index (χ4n) is 0.106. The molecule has 0 rings (SSSR count). The minimum atomic E-state index is -1.32. The number of carbonyl (C=O) groups is 2. The summed E-state index contributed by atoms with van der Waals surface area (Å²) in [5, 5.41) is 0. The van der Waals surface area contributed by atoms with Gasteiger partial charge in [-0.25, -0.2) is 9.59 Å². The number of nitrogens with two attached hydrogens (primary N) is 2. The summed E-state index contributed by atoms with van der Waals surface area (Å²) in [6.45, 7) is 0. The molecule has 0 saturated carbocycles. The van der Waals surface area contributed by atoms with Crippen LogP contribution < -0.4 is 11.6 Å². The van der Waals surface area contributed by atoms with Gasteiger partial charge in [-0.3, -0.25) is 0 Å². The molecule has 0 unspecified atom stereocenters. The van der Waals surface area contributed by atoms with Crippen molar-refractivity contribution in [2.45, 2.75) is 0 Å². The van der Waals surface area contributed by atoms with Crippen LogP contribution in [0.1, 0.15) is 0 Å². The van der Waals surface area contributed by atoms with Crippen LogP contribution in [-0.2, 0) is 9.57 Å². The van der Waals surface area contributed by atoms with Crippen LogP contribution in [-0.4, -0.2) is 12.2 Å². The van der Waals surface area contributed by atoms with Gasteiger partial charge in [0.25, 0.3) is 0 Å². The highest BCUT2D eigenvalue weighted by molar-refractivity contribution is 5.78. The van der Waals surface area contributed by atoms with E-state index in [0.717, 1.165) is 0 Å². The molecule has 6 heteroatoms. The smallest absolute Gasteiger partial charge is 0.342 e. The maximum absolute atomic E-state index is 9.75. The van der Waals surface area contributed by atoms with E-state index in [-0.39, 0.29) is 0 Å². The van der Waals surface area contributed by atoms with Gasteiger partial charge in [0.2, 0.25) is 0 Å². The summed E-state index contributed by atoms with van der Waals surface area (Å²) in [7, 11) is 0. The first-order valence-electron chi connectivity index (χ1n) is 1.54. The average molecular weight is 120 g/mol. The van der Waals surface area contributed by atoms with Crippen molar-refractivity contribution in [3.8, 4) is 0 Å². The molecule has 0 fully saturated rings. The van der Waals surface area contributed by atoms with Crippen molar-refractivity contribution in [3.63, 3.8) is 0 Å². The lowest BCUT2D eigenvalue weighted by Crippen LogP contribution is -2.21. The van der Waals surface area contributed by atoms with Crippen molar-refractivity contribution in [2.75, 3.05) is 0 Å². The van der Waals surface area contributed by atoms with E-state index in [2.05, 4.69) is 21.2 Å². The second kappa shape index (κ2) is 2.80. The predicted molar refractivity (Wildman–Crippen MR) is 21.3 cm³/mol. The van der Waals surface area contributed by atoms with Crippen LogP contribution in [0.25, 0.3) is 0 Å². The molecule has 0 spiro atoms. The van der Waals surface area contributed by atoms with E-state index >= 15 is 0 Å². The van der Waals surface area contributed by atoms with Crippen molar-refractivity contribution >= 4 is 12.2 Å². The van der Waals surface area contributed by atoms with Gasteiger partial charge >= 0.3 is 12.2 Å². The number of carbonyl (C=O) groups excluding carboxylic acids is 2. The van der Waals surface area contributed by atoms with Crippen molar-refractivity contribution in [2.24, 2.45) is 11.6 Å². The minimum Gasteiger partial charge on any atom is -0.342 e. The molecule has 0 aromatic rings. The monoisotopic (exact) mass is 120 g/mol. The first kappa shape index (κ1) is 6.70. The van der Waals surface area contributed by atoms with Gasteiger partial charge in [0.15, 0.2) is 0 Å². The molecular weight excluding hydrogens is 116 g/mol. The standard InChI is InChI=1S/C2H4N2O4/c3-1(5)7-2(6)8-4/h4H2,(H2,3,5). The molecule has 0 atom stereocenters. The lowest BCUT2D eigenvalue weighted by Gasteiger charge is -1.91. The molecule has 8 heavy (non-hydrogen) atoms. The van der Waals surface area contributed by atoms with E-state index in [1.54, 1.807) is 0 Å². The van der Waals surface area contributed by atoms with Crippen molar-refractivity contribution in [1.82, 2.24) is 0 Å². The highest BCUT2D eigenvalue weighted by atomic mass is 16.8. The highest BCUT2D eigenvalue weighted by Gasteiger charge is 2.03. The summed E-state index contributed by atoms with van der Waals surface area (Å²) in [4.78, 5) is 22.8. The first-order valence-corrected chi connectivity index (χ1v) is 1.54. The molecule has 0 bridgehead atoms. The van der Waals surface area contributed by atoms with E-state index in [1.165, 1.54) is 0 Å². The van der Waals surface area contributed by atoms with E-state index < -0.39 is 12.2 Å². The van der Waals surface area contributed by atoms with Crippen molar-refractivity contribution in [1.29, 1.82) is 0 Å². The normalized spacial score (nSPS) is 7.62. The van der Waals surface area contributed by atoms with E-state index in [0.29, 0.717) is 0 Å². The summed E-state index contributed by atoms with van der Waals surface area (Å²) < 4.78 is 3.55. The zero-order valence-corrected chi connectivity index (χ0v) is 3.79. The molecule has 0 aliphatic heterocycles. The molecule has 4 N–H and O–H groups in total. The molecule has 1 amide bonds. The third-order valence-electron chi connectivity index (χ3n) is 0.280. The first-order chi connectivity index (χ1) is 3.66. The van der Waals surface area contributed by atoms with E-state index in [9.17, 15) is 9.59 Å². The van der Waals surface area contributed by atoms with Gasteiger partial charge in [-0.2, -0.15) is 5.90 Å². The molecule has 6 nitrogen and oxygen atoms in total. The Morgan fingerprint density at radius 2 is 1.88 bits per heavy atom.